The zero-order valence-electron chi connectivity index (χ0n) is 10.8. The second kappa shape index (κ2) is 5.50. The largest absolute Gasteiger partial charge is 0.303 e. The average Bonchev–Trinajstić information content (AvgIpc) is 2.88. The van der Waals surface area contributed by atoms with Crippen LogP contribution in [0.5, 0.6) is 0 Å². The third-order valence-corrected chi connectivity index (χ3v) is 3.98. The van der Waals surface area contributed by atoms with Crippen LogP contribution in [-0.4, -0.2) is 29.9 Å². The number of hydrogen-bond acceptors (Lipinski definition) is 5. The molecule has 0 amide bonds. The maximum Gasteiger partial charge on any atom is 0.175 e. The zero-order valence-corrected chi connectivity index (χ0v) is 11.6. The summed E-state index contributed by atoms with van der Waals surface area (Å²) in [7, 11) is -3.14. The molecule has 1 heterocycles. The molecule has 0 aliphatic heterocycles. The summed E-state index contributed by atoms with van der Waals surface area (Å²) in [6, 6.07) is 6.97. The lowest BCUT2D eigenvalue weighted by atomic mass is 10.1. The van der Waals surface area contributed by atoms with Gasteiger partial charge in [-0.3, -0.25) is 5.10 Å². The lowest BCUT2D eigenvalue weighted by Gasteiger charge is -2.13. The Bertz CT molecular complexity index is 620. The van der Waals surface area contributed by atoms with Gasteiger partial charge in [-0.05, 0) is 24.6 Å². The fourth-order valence-electron chi connectivity index (χ4n) is 1.69. The van der Waals surface area contributed by atoms with Crippen molar-refractivity contribution in [1.29, 1.82) is 0 Å². The van der Waals surface area contributed by atoms with E-state index >= 15 is 0 Å². The van der Waals surface area contributed by atoms with Crippen LogP contribution in [0.4, 0.5) is 0 Å². The van der Waals surface area contributed by atoms with Gasteiger partial charge in [-0.25, -0.2) is 13.4 Å². The van der Waals surface area contributed by atoms with Crippen LogP contribution in [-0.2, 0) is 16.4 Å². The first-order chi connectivity index (χ1) is 8.97. The second-order valence-electron chi connectivity index (χ2n) is 4.38. The Morgan fingerprint density at radius 3 is 2.53 bits per heavy atom. The number of sulfone groups is 1. The van der Waals surface area contributed by atoms with Gasteiger partial charge < -0.3 is 5.32 Å². The van der Waals surface area contributed by atoms with Crippen LogP contribution in [0.3, 0.4) is 0 Å². The van der Waals surface area contributed by atoms with E-state index in [0.29, 0.717) is 11.4 Å². The molecule has 0 saturated heterocycles. The smallest absolute Gasteiger partial charge is 0.175 e. The molecule has 2 aromatic rings. The molecular weight excluding hydrogens is 264 g/mol. The molecule has 0 radical (unpaired) electrons. The number of aromatic nitrogens is 3. The first kappa shape index (κ1) is 13.7. The normalized spacial score (nSPS) is 13.4. The molecule has 1 atom stereocenters. The summed E-state index contributed by atoms with van der Waals surface area (Å²) >= 11 is 0. The number of benzene rings is 1. The third kappa shape index (κ3) is 3.62. The molecule has 1 aromatic heterocycles. The quantitative estimate of drug-likeness (QED) is 0.855. The molecule has 102 valence electrons. The molecule has 2 N–H and O–H groups in total. The lowest BCUT2D eigenvalue weighted by molar-refractivity contribution is 0.559. The number of rotatable bonds is 5. The summed E-state index contributed by atoms with van der Waals surface area (Å²) in [6.07, 6.45) is 2.66. The van der Waals surface area contributed by atoms with Gasteiger partial charge in [-0.2, -0.15) is 5.10 Å². The predicted octanol–water partition coefficient (Wildman–Crippen LogP) is 1.06. The molecule has 0 aliphatic carbocycles. The van der Waals surface area contributed by atoms with Gasteiger partial charge in [-0.15, -0.1) is 0 Å². The minimum atomic E-state index is -3.14. The van der Waals surface area contributed by atoms with Gasteiger partial charge in [0, 0.05) is 12.3 Å². The van der Waals surface area contributed by atoms with E-state index in [-0.39, 0.29) is 6.04 Å². The van der Waals surface area contributed by atoms with E-state index in [9.17, 15) is 8.42 Å². The number of aromatic amines is 1. The van der Waals surface area contributed by atoms with E-state index < -0.39 is 9.84 Å². The zero-order chi connectivity index (χ0) is 13.9. The van der Waals surface area contributed by atoms with Gasteiger partial charge in [-0.1, -0.05) is 12.1 Å². The van der Waals surface area contributed by atoms with Crippen molar-refractivity contribution in [2.45, 2.75) is 24.4 Å². The maximum absolute atomic E-state index is 11.4. The van der Waals surface area contributed by atoms with Gasteiger partial charge in [0.05, 0.1) is 11.4 Å². The molecule has 0 bridgehead atoms. The summed E-state index contributed by atoms with van der Waals surface area (Å²) in [4.78, 5) is 4.35. The molecule has 2 rings (SSSR count). The van der Waals surface area contributed by atoms with E-state index in [4.69, 9.17) is 0 Å². The monoisotopic (exact) mass is 280 g/mol. The first-order valence-electron chi connectivity index (χ1n) is 5.84. The highest BCUT2D eigenvalue weighted by atomic mass is 32.2. The van der Waals surface area contributed by atoms with Gasteiger partial charge in [0.1, 0.15) is 12.2 Å². The fraction of sp³-hybridized carbons (Fsp3) is 0.333. The lowest BCUT2D eigenvalue weighted by Crippen LogP contribution is -2.18. The second-order valence-corrected chi connectivity index (χ2v) is 6.39. The van der Waals surface area contributed by atoms with Crippen LogP contribution in [0.25, 0.3) is 0 Å². The standard InChI is InChI=1S/C12H16N4O2S/c1-9(13-7-12-14-8-15-16-12)10-3-5-11(6-4-10)19(2,17)18/h3-6,8-9,13H,7H2,1-2H3,(H,14,15,16). The Kier molecular flexibility index (Phi) is 3.96. The van der Waals surface area contributed by atoms with Crippen molar-refractivity contribution in [3.05, 3.63) is 42.0 Å². The van der Waals surface area contributed by atoms with Crippen molar-refractivity contribution in [1.82, 2.24) is 20.5 Å². The van der Waals surface area contributed by atoms with Crippen molar-refractivity contribution in [3.8, 4) is 0 Å². The minimum absolute atomic E-state index is 0.0960. The summed E-state index contributed by atoms with van der Waals surface area (Å²) in [5.74, 6) is 0.764. The molecule has 1 aromatic carbocycles. The van der Waals surface area contributed by atoms with Crippen LogP contribution >= 0.6 is 0 Å². The molecule has 6 nitrogen and oxygen atoms in total. The highest BCUT2D eigenvalue weighted by Crippen LogP contribution is 2.16. The Labute approximate surface area is 112 Å². The third-order valence-electron chi connectivity index (χ3n) is 2.85. The Hall–Kier alpha value is -1.73. The van der Waals surface area contributed by atoms with E-state index in [1.165, 1.54) is 12.6 Å². The first-order valence-corrected chi connectivity index (χ1v) is 7.73. The van der Waals surface area contributed by atoms with Crippen LogP contribution < -0.4 is 5.32 Å². The van der Waals surface area contributed by atoms with Crippen molar-refractivity contribution in [2.75, 3.05) is 6.26 Å². The Morgan fingerprint density at radius 1 is 1.32 bits per heavy atom. The predicted molar refractivity (Wildman–Crippen MR) is 71.2 cm³/mol. The molecule has 19 heavy (non-hydrogen) atoms. The highest BCUT2D eigenvalue weighted by molar-refractivity contribution is 7.90. The summed E-state index contributed by atoms with van der Waals surface area (Å²) in [5, 5.41) is 9.82. The number of H-pyrrole nitrogens is 1. The molecular formula is C12H16N4O2S. The highest BCUT2D eigenvalue weighted by Gasteiger charge is 2.09. The summed E-state index contributed by atoms with van der Waals surface area (Å²) in [6.45, 7) is 2.58. The fourth-order valence-corrected chi connectivity index (χ4v) is 2.32. The molecule has 0 aliphatic rings. The molecule has 1 unspecified atom stereocenters. The molecule has 0 fully saturated rings. The number of nitrogens with one attached hydrogen (secondary N) is 2. The number of hydrogen-bond donors (Lipinski definition) is 2. The summed E-state index contributed by atoms with van der Waals surface area (Å²) in [5.41, 5.74) is 1.02. The Balaban J connectivity index is 2.01. The summed E-state index contributed by atoms with van der Waals surface area (Å²) < 4.78 is 22.7. The van der Waals surface area contributed by atoms with Gasteiger partial charge in [0.25, 0.3) is 0 Å². The van der Waals surface area contributed by atoms with Gasteiger partial charge in [0.2, 0.25) is 0 Å². The minimum Gasteiger partial charge on any atom is -0.303 e. The van der Waals surface area contributed by atoms with Crippen molar-refractivity contribution in [2.24, 2.45) is 0 Å². The van der Waals surface area contributed by atoms with Crippen molar-refractivity contribution < 1.29 is 8.42 Å². The van der Waals surface area contributed by atoms with E-state index in [0.717, 1.165) is 11.4 Å². The van der Waals surface area contributed by atoms with Crippen LogP contribution in [0, 0.1) is 0 Å². The van der Waals surface area contributed by atoms with Crippen LogP contribution in [0.15, 0.2) is 35.5 Å². The van der Waals surface area contributed by atoms with Crippen molar-refractivity contribution in [3.63, 3.8) is 0 Å². The van der Waals surface area contributed by atoms with E-state index in [1.54, 1.807) is 12.1 Å². The van der Waals surface area contributed by atoms with Crippen LogP contribution in [0.1, 0.15) is 24.4 Å². The Morgan fingerprint density at radius 2 is 2.00 bits per heavy atom. The maximum atomic E-state index is 11.4. The number of nitrogens with zero attached hydrogens (tertiary/aromatic N) is 2. The molecule has 0 spiro atoms. The SMILES string of the molecule is CC(NCc1ncn[nH]1)c1ccc(S(C)(=O)=O)cc1. The van der Waals surface area contributed by atoms with Crippen LogP contribution in [0.2, 0.25) is 0 Å². The van der Waals surface area contributed by atoms with Gasteiger partial charge in [0.15, 0.2) is 9.84 Å². The average molecular weight is 280 g/mol. The topological polar surface area (TPSA) is 87.7 Å². The molecule has 7 heteroatoms. The van der Waals surface area contributed by atoms with E-state index in [1.807, 2.05) is 19.1 Å². The van der Waals surface area contributed by atoms with Crippen molar-refractivity contribution >= 4 is 9.84 Å². The van der Waals surface area contributed by atoms with E-state index in [2.05, 4.69) is 20.5 Å². The molecule has 0 saturated carbocycles. The van der Waals surface area contributed by atoms with Gasteiger partial charge >= 0.3 is 0 Å².